The molecule has 0 N–H and O–H groups in total. The van der Waals surface area contributed by atoms with Gasteiger partial charge in [-0.25, -0.2) is 0 Å². The van der Waals surface area contributed by atoms with Gasteiger partial charge in [0.1, 0.15) is 0 Å². The summed E-state index contributed by atoms with van der Waals surface area (Å²) < 4.78 is 39.1. The Morgan fingerprint density at radius 1 is 1.25 bits per heavy atom. The molecule has 2 fully saturated rings. The highest BCUT2D eigenvalue weighted by atomic mass is 35.5. The molecule has 0 saturated heterocycles. The Labute approximate surface area is 122 Å². The number of nitrogens with zero attached hydrogens (tertiary/aromatic N) is 1. The molecule has 0 aromatic rings. The molecule has 2 rings (SSSR count). The quantitative estimate of drug-likeness (QED) is 0.725. The van der Waals surface area contributed by atoms with Crippen LogP contribution in [0.2, 0.25) is 0 Å². The molecule has 0 spiro atoms. The molecule has 2 saturated carbocycles. The van der Waals surface area contributed by atoms with Crippen LogP contribution in [0.15, 0.2) is 0 Å². The van der Waals surface area contributed by atoms with Crippen LogP contribution in [0, 0.1) is 17.8 Å². The molecular weight excluding hydrogens is 291 g/mol. The van der Waals surface area contributed by atoms with Gasteiger partial charge < -0.3 is 4.90 Å². The third-order valence-corrected chi connectivity index (χ3v) is 4.95. The summed E-state index contributed by atoms with van der Waals surface area (Å²) in [5, 5.41) is 0.168. The molecule has 20 heavy (non-hydrogen) atoms. The number of rotatable bonds is 3. The van der Waals surface area contributed by atoms with Crippen LogP contribution in [0.25, 0.3) is 0 Å². The second-order valence-electron chi connectivity index (χ2n) is 6.19. The Morgan fingerprint density at radius 2 is 1.85 bits per heavy atom. The zero-order valence-corrected chi connectivity index (χ0v) is 12.4. The highest BCUT2D eigenvalue weighted by Gasteiger charge is 2.48. The minimum Gasteiger partial charge on any atom is -0.345 e. The maximum atomic E-state index is 13.0. The Bertz CT molecular complexity index is 355. The Balaban J connectivity index is 1.94. The van der Waals surface area contributed by atoms with Crippen LogP contribution in [0.3, 0.4) is 0 Å². The molecule has 2 nitrogen and oxygen atoms in total. The number of hydrogen-bond donors (Lipinski definition) is 0. The van der Waals surface area contributed by atoms with E-state index in [1.54, 1.807) is 7.05 Å². The standard InChI is InChI=1S/C14H21ClF3NO/c1-19(8-9-6-10(15)7-9)13(20)11-4-2-3-5-12(11)14(16,17)18/h9-12H,2-8H2,1H3. The van der Waals surface area contributed by atoms with Crippen LogP contribution in [0.1, 0.15) is 38.5 Å². The first-order chi connectivity index (χ1) is 9.29. The molecule has 0 bridgehead atoms. The van der Waals surface area contributed by atoms with E-state index in [0.29, 0.717) is 31.7 Å². The molecule has 2 aliphatic rings. The van der Waals surface area contributed by atoms with Gasteiger partial charge in [-0.15, -0.1) is 11.6 Å². The molecular formula is C14H21ClF3NO. The lowest BCUT2D eigenvalue weighted by atomic mass is 9.77. The van der Waals surface area contributed by atoms with Crippen molar-refractivity contribution in [3.8, 4) is 0 Å². The minimum absolute atomic E-state index is 0.0843. The van der Waals surface area contributed by atoms with Crippen molar-refractivity contribution in [3.63, 3.8) is 0 Å². The number of carbonyl (C=O) groups is 1. The zero-order chi connectivity index (χ0) is 14.9. The van der Waals surface area contributed by atoms with E-state index >= 15 is 0 Å². The predicted octanol–water partition coefficient (Wildman–Crippen LogP) is 3.83. The lowest BCUT2D eigenvalue weighted by Gasteiger charge is -2.38. The van der Waals surface area contributed by atoms with Gasteiger partial charge in [0.15, 0.2) is 0 Å². The molecule has 0 aliphatic heterocycles. The average Bonchev–Trinajstić information content (AvgIpc) is 2.35. The van der Waals surface area contributed by atoms with Crippen LogP contribution >= 0.6 is 11.6 Å². The first kappa shape index (κ1) is 15.9. The van der Waals surface area contributed by atoms with Crippen LogP contribution in [0.4, 0.5) is 13.2 Å². The fourth-order valence-corrected chi connectivity index (χ4v) is 3.89. The van der Waals surface area contributed by atoms with Crippen molar-refractivity contribution in [2.45, 2.75) is 50.1 Å². The average molecular weight is 312 g/mol. The third-order valence-electron chi connectivity index (χ3n) is 4.59. The molecule has 0 radical (unpaired) electrons. The van der Waals surface area contributed by atoms with Crippen LogP contribution in [-0.2, 0) is 4.79 Å². The number of hydrogen-bond acceptors (Lipinski definition) is 1. The maximum Gasteiger partial charge on any atom is 0.392 e. The number of halogens is 4. The fraction of sp³-hybridized carbons (Fsp3) is 0.929. The van der Waals surface area contributed by atoms with E-state index in [4.69, 9.17) is 11.6 Å². The van der Waals surface area contributed by atoms with Crippen LogP contribution in [0.5, 0.6) is 0 Å². The van der Waals surface area contributed by atoms with Crippen molar-refractivity contribution in [3.05, 3.63) is 0 Å². The van der Waals surface area contributed by atoms with Crippen molar-refractivity contribution in [1.82, 2.24) is 4.90 Å². The van der Waals surface area contributed by atoms with Crippen LogP contribution < -0.4 is 0 Å². The summed E-state index contributed by atoms with van der Waals surface area (Å²) in [6.07, 6.45) is -0.840. The maximum absolute atomic E-state index is 13.0. The van der Waals surface area contributed by atoms with Crippen molar-refractivity contribution in [2.75, 3.05) is 13.6 Å². The van der Waals surface area contributed by atoms with E-state index < -0.39 is 18.0 Å². The summed E-state index contributed by atoms with van der Waals surface area (Å²) >= 11 is 5.89. The second-order valence-corrected chi connectivity index (χ2v) is 6.81. The van der Waals surface area contributed by atoms with E-state index in [9.17, 15) is 18.0 Å². The molecule has 1 amide bonds. The monoisotopic (exact) mass is 311 g/mol. The Morgan fingerprint density at radius 3 is 2.40 bits per heavy atom. The smallest absolute Gasteiger partial charge is 0.345 e. The molecule has 2 atom stereocenters. The summed E-state index contributed by atoms with van der Waals surface area (Å²) in [6, 6.07) is 0. The normalized spacial score (nSPS) is 34.5. The summed E-state index contributed by atoms with van der Waals surface area (Å²) in [4.78, 5) is 13.8. The fourth-order valence-electron chi connectivity index (χ4n) is 3.38. The topological polar surface area (TPSA) is 20.3 Å². The molecule has 0 heterocycles. The van der Waals surface area contributed by atoms with Crippen molar-refractivity contribution in [2.24, 2.45) is 17.8 Å². The molecule has 116 valence electrons. The molecule has 2 aliphatic carbocycles. The van der Waals surface area contributed by atoms with Crippen molar-refractivity contribution < 1.29 is 18.0 Å². The molecule has 0 aromatic carbocycles. The predicted molar refractivity (Wildman–Crippen MR) is 71.5 cm³/mol. The van der Waals surface area contributed by atoms with Gasteiger partial charge in [0.25, 0.3) is 0 Å². The van der Waals surface area contributed by atoms with Gasteiger partial charge in [0, 0.05) is 24.9 Å². The molecule has 6 heteroatoms. The summed E-state index contributed by atoms with van der Waals surface area (Å²) in [7, 11) is 1.62. The van der Waals surface area contributed by atoms with Crippen molar-refractivity contribution in [1.29, 1.82) is 0 Å². The summed E-state index contributed by atoms with van der Waals surface area (Å²) in [6.45, 7) is 0.531. The van der Waals surface area contributed by atoms with E-state index in [1.807, 2.05) is 0 Å². The van der Waals surface area contributed by atoms with E-state index in [1.165, 1.54) is 4.90 Å². The largest absolute Gasteiger partial charge is 0.392 e. The highest BCUT2D eigenvalue weighted by Crippen LogP contribution is 2.42. The Kier molecular flexibility index (Phi) is 4.88. The minimum atomic E-state index is -4.26. The van der Waals surface area contributed by atoms with Gasteiger partial charge in [-0.3, -0.25) is 4.79 Å². The van der Waals surface area contributed by atoms with Crippen LogP contribution in [-0.4, -0.2) is 36.0 Å². The summed E-state index contributed by atoms with van der Waals surface area (Å²) in [5.41, 5.74) is 0. The van der Waals surface area contributed by atoms with Gasteiger partial charge in [-0.05, 0) is 31.6 Å². The SMILES string of the molecule is CN(CC1CC(Cl)C1)C(=O)C1CCCCC1C(F)(F)F. The number of alkyl halides is 4. The van der Waals surface area contributed by atoms with Gasteiger partial charge in [0.05, 0.1) is 5.92 Å². The highest BCUT2D eigenvalue weighted by molar-refractivity contribution is 6.21. The number of amides is 1. The van der Waals surface area contributed by atoms with Gasteiger partial charge in [-0.2, -0.15) is 13.2 Å². The van der Waals surface area contributed by atoms with E-state index in [2.05, 4.69) is 0 Å². The van der Waals surface area contributed by atoms with E-state index in [0.717, 1.165) is 12.8 Å². The van der Waals surface area contributed by atoms with E-state index in [-0.39, 0.29) is 17.7 Å². The van der Waals surface area contributed by atoms with Gasteiger partial charge >= 0.3 is 6.18 Å². The number of carbonyl (C=O) groups excluding carboxylic acids is 1. The first-order valence-electron chi connectivity index (χ1n) is 7.24. The molecule has 2 unspecified atom stereocenters. The lowest BCUT2D eigenvalue weighted by molar-refractivity contribution is -0.200. The summed E-state index contributed by atoms with van der Waals surface area (Å²) in [5.74, 6) is -2.35. The second kappa shape index (κ2) is 6.12. The zero-order valence-electron chi connectivity index (χ0n) is 11.6. The first-order valence-corrected chi connectivity index (χ1v) is 7.68. The van der Waals surface area contributed by atoms with Gasteiger partial charge in [-0.1, -0.05) is 12.8 Å². The molecule has 0 aromatic heterocycles. The lowest BCUT2D eigenvalue weighted by Crippen LogP contribution is -2.46. The van der Waals surface area contributed by atoms with Crippen molar-refractivity contribution >= 4 is 17.5 Å². The Hall–Kier alpha value is -0.450. The van der Waals surface area contributed by atoms with Gasteiger partial charge in [0.2, 0.25) is 5.91 Å². The third kappa shape index (κ3) is 3.60.